The van der Waals surface area contributed by atoms with Gasteiger partial charge in [-0.3, -0.25) is 0 Å². The molecule has 0 bridgehead atoms. The zero-order chi connectivity index (χ0) is 13.2. The van der Waals surface area contributed by atoms with E-state index in [2.05, 4.69) is 27.7 Å². The highest BCUT2D eigenvalue weighted by Crippen LogP contribution is 1.95. The van der Waals surface area contributed by atoms with Gasteiger partial charge in [0.25, 0.3) is 0 Å². The Morgan fingerprint density at radius 3 is 0.824 bits per heavy atom. The van der Waals surface area contributed by atoms with Crippen LogP contribution in [0.15, 0.2) is 0 Å². The van der Waals surface area contributed by atoms with Crippen LogP contribution >= 0.6 is 0 Å². The van der Waals surface area contributed by atoms with E-state index in [-0.39, 0.29) is 11.3 Å². The summed E-state index contributed by atoms with van der Waals surface area (Å²) in [4.78, 5) is 9.44. The number of hydrogen-bond acceptors (Lipinski definition) is 1. The lowest BCUT2D eigenvalue weighted by Gasteiger charge is -1.86. The smallest absolute Gasteiger partial charge is 0.126 e. The van der Waals surface area contributed by atoms with E-state index in [1.807, 2.05) is 0 Å². The van der Waals surface area contributed by atoms with Crippen molar-refractivity contribution in [1.82, 2.24) is 0 Å². The highest BCUT2D eigenvalue weighted by atomic mass is 16.1. The van der Waals surface area contributed by atoms with E-state index in [0.29, 0.717) is 0 Å². The Morgan fingerprint density at radius 2 is 0.765 bits per heavy atom. The van der Waals surface area contributed by atoms with Gasteiger partial charge in [0.2, 0.25) is 0 Å². The molecular formula is C15H36O2. The normalized spacial score (nSPS) is 7.88. The maximum absolute atomic E-state index is 9.44. The molecule has 0 aromatic carbocycles. The lowest BCUT2D eigenvalue weighted by molar-refractivity contribution is -0.114. The summed E-state index contributed by atoms with van der Waals surface area (Å²) >= 11 is 0. The Labute approximate surface area is 110 Å². The van der Waals surface area contributed by atoms with E-state index in [4.69, 9.17) is 0 Å². The summed E-state index contributed by atoms with van der Waals surface area (Å²) in [5.74, 6) is 0.167. The summed E-state index contributed by atoms with van der Waals surface area (Å²) in [6.07, 6.45) is 11.1. The summed E-state index contributed by atoms with van der Waals surface area (Å²) in [6.45, 7) is 12.0. The van der Waals surface area contributed by atoms with Gasteiger partial charge in [-0.2, -0.15) is 0 Å². The Kier molecular flexibility index (Phi) is 44.4. The number of unbranched alkanes of at least 4 members (excludes halogenated alkanes) is 6. The van der Waals surface area contributed by atoms with Crippen LogP contribution in [0.5, 0.6) is 0 Å². The van der Waals surface area contributed by atoms with Gasteiger partial charge in [0.1, 0.15) is 5.78 Å². The van der Waals surface area contributed by atoms with Crippen LogP contribution in [0.2, 0.25) is 0 Å². The number of carbonyl (C=O) groups excluding carboxylic acids is 1. The van der Waals surface area contributed by atoms with Crippen molar-refractivity contribution in [3.63, 3.8) is 0 Å². The molecule has 2 heteroatoms. The Bertz CT molecular complexity index is 91.5. The second kappa shape index (κ2) is 29.6. The molecule has 17 heavy (non-hydrogen) atoms. The predicted octanol–water partition coefficient (Wildman–Crippen LogP) is 4.94. The average Bonchev–Trinajstić information content (AvgIpc) is 2.23. The van der Waals surface area contributed by atoms with Gasteiger partial charge in [-0.25, -0.2) is 0 Å². The van der Waals surface area contributed by atoms with Crippen molar-refractivity contribution < 1.29 is 10.3 Å². The predicted molar refractivity (Wildman–Crippen MR) is 79.6 cm³/mol. The lowest BCUT2D eigenvalue weighted by Crippen LogP contribution is -1.69. The molecule has 0 aliphatic carbocycles. The first kappa shape index (κ1) is 25.5. The number of carbonyl (C=O) groups is 1. The maximum atomic E-state index is 9.44. The summed E-state index contributed by atoms with van der Waals surface area (Å²) in [6, 6.07) is 0. The highest BCUT2D eigenvalue weighted by Gasteiger charge is 1.75. The number of rotatable bonds is 6. The van der Waals surface area contributed by atoms with Crippen LogP contribution in [0.25, 0.3) is 0 Å². The molecule has 0 aliphatic heterocycles. The average molecular weight is 248 g/mol. The first-order valence-corrected chi connectivity index (χ1v) is 7.03. The van der Waals surface area contributed by atoms with Crippen molar-refractivity contribution in [3.05, 3.63) is 0 Å². The van der Waals surface area contributed by atoms with E-state index in [1.165, 1.54) is 65.2 Å². The minimum atomic E-state index is 0. The molecule has 0 spiro atoms. The van der Waals surface area contributed by atoms with Crippen molar-refractivity contribution in [2.75, 3.05) is 0 Å². The monoisotopic (exact) mass is 248 g/mol. The van der Waals surface area contributed by atoms with Crippen LogP contribution in [0.3, 0.4) is 0 Å². The molecule has 0 aromatic heterocycles. The summed E-state index contributed by atoms with van der Waals surface area (Å²) < 4.78 is 0. The first-order chi connectivity index (χ1) is 7.56. The van der Waals surface area contributed by atoms with E-state index >= 15 is 0 Å². The van der Waals surface area contributed by atoms with Crippen LogP contribution in [-0.4, -0.2) is 11.3 Å². The fraction of sp³-hybridized carbons (Fsp3) is 0.933. The van der Waals surface area contributed by atoms with E-state index < -0.39 is 0 Å². The van der Waals surface area contributed by atoms with E-state index in [0.717, 1.165) is 0 Å². The molecule has 0 unspecified atom stereocenters. The van der Waals surface area contributed by atoms with Crippen molar-refractivity contribution in [3.8, 4) is 0 Å². The molecular weight excluding hydrogens is 212 g/mol. The molecule has 2 N–H and O–H groups in total. The lowest BCUT2D eigenvalue weighted by atomic mass is 10.2. The zero-order valence-electron chi connectivity index (χ0n) is 13.1. The van der Waals surface area contributed by atoms with Gasteiger partial charge in [0, 0.05) is 0 Å². The van der Waals surface area contributed by atoms with Crippen LogP contribution in [0.1, 0.15) is 92.9 Å². The van der Waals surface area contributed by atoms with Crippen molar-refractivity contribution in [2.45, 2.75) is 92.9 Å². The maximum Gasteiger partial charge on any atom is 0.126 e. The van der Waals surface area contributed by atoms with Gasteiger partial charge >= 0.3 is 0 Å². The van der Waals surface area contributed by atoms with Crippen LogP contribution in [0.4, 0.5) is 0 Å². The van der Waals surface area contributed by atoms with Crippen molar-refractivity contribution in [1.29, 1.82) is 0 Å². The van der Waals surface area contributed by atoms with Gasteiger partial charge in [-0.15, -0.1) is 0 Å². The summed E-state index contributed by atoms with van der Waals surface area (Å²) in [5, 5.41) is 0. The Morgan fingerprint density at radius 1 is 0.647 bits per heavy atom. The van der Waals surface area contributed by atoms with E-state index in [9.17, 15) is 4.79 Å². The first-order valence-electron chi connectivity index (χ1n) is 7.03. The molecule has 0 amide bonds. The number of Topliss-reactive ketones (excluding diaryl/α,β-unsaturated/α-hetero) is 1. The molecule has 0 heterocycles. The minimum absolute atomic E-state index is 0. The zero-order valence-corrected chi connectivity index (χ0v) is 13.1. The molecule has 108 valence electrons. The highest BCUT2D eigenvalue weighted by molar-refractivity contribution is 5.72. The van der Waals surface area contributed by atoms with Gasteiger partial charge < -0.3 is 10.3 Å². The second-order valence-electron chi connectivity index (χ2n) is 4.32. The number of hydrogen-bond donors (Lipinski definition) is 0. The summed E-state index contributed by atoms with van der Waals surface area (Å²) in [7, 11) is 0. The minimum Gasteiger partial charge on any atom is -0.412 e. The SMILES string of the molecule is CC(C)=O.CCCCCC.CCCCCC.O. The van der Waals surface area contributed by atoms with Crippen LogP contribution in [-0.2, 0) is 4.79 Å². The Balaban J connectivity index is -0.0000000741. The van der Waals surface area contributed by atoms with Crippen LogP contribution < -0.4 is 0 Å². The number of ketones is 1. The Hall–Kier alpha value is -0.370. The molecule has 0 atom stereocenters. The molecule has 0 saturated carbocycles. The summed E-state index contributed by atoms with van der Waals surface area (Å²) in [5.41, 5.74) is 0. The molecule has 0 saturated heterocycles. The second-order valence-corrected chi connectivity index (χ2v) is 4.32. The molecule has 0 fully saturated rings. The van der Waals surface area contributed by atoms with Crippen molar-refractivity contribution >= 4 is 5.78 Å². The van der Waals surface area contributed by atoms with Gasteiger partial charge in [-0.05, 0) is 13.8 Å². The fourth-order valence-electron chi connectivity index (χ4n) is 1.000. The van der Waals surface area contributed by atoms with Gasteiger partial charge in [0.15, 0.2) is 0 Å². The topological polar surface area (TPSA) is 48.6 Å². The third-order valence-corrected chi connectivity index (χ3v) is 1.91. The largest absolute Gasteiger partial charge is 0.412 e. The third-order valence-electron chi connectivity index (χ3n) is 1.91. The quantitative estimate of drug-likeness (QED) is 0.614. The van der Waals surface area contributed by atoms with Gasteiger partial charge in [0.05, 0.1) is 0 Å². The molecule has 0 aliphatic rings. The third kappa shape index (κ3) is 91.6. The molecule has 0 radical (unpaired) electrons. The molecule has 0 rings (SSSR count). The van der Waals surface area contributed by atoms with E-state index in [1.54, 1.807) is 0 Å². The van der Waals surface area contributed by atoms with Crippen LogP contribution in [0, 0.1) is 0 Å². The fourth-order valence-corrected chi connectivity index (χ4v) is 1.000. The van der Waals surface area contributed by atoms with Crippen molar-refractivity contribution in [2.24, 2.45) is 0 Å². The molecule has 0 aromatic rings. The standard InChI is InChI=1S/2C6H14.C3H6O.H2O/c2*1-3-5-6-4-2;1-3(2)4;/h2*3-6H2,1-2H3;1-2H3;1H2. The molecule has 2 nitrogen and oxygen atoms in total. The van der Waals surface area contributed by atoms with Gasteiger partial charge in [-0.1, -0.05) is 79.1 Å².